The molecule has 0 atom stereocenters. The van der Waals surface area contributed by atoms with Crippen molar-refractivity contribution < 1.29 is 8.42 Å². The van der Waals surface area contributed by atoms with E-state index >= 15 is 0 Å². The first kappa shape index (κ1) is 15.0. The number of rotatable bonds is 5. The number of benzene rings is 1. The van der Waals surface area contributed by atoms with Crippen molar-refractivity contribution in [2.75, 3.05) is 0 Å². The highest BCUT2D eigenvalue weighted by Crippen LogP contribution is 2.25. The Morgan fingerprint density at radius 1 is 1.18 bits per heavy atom. The molecule has 0 aliphatic heterocycles. The topological polar surface area (TPSA) is 64.0 Å². The normalized spacial score (nSPS) is 11.7. The molecule has 2 aromatic heterocycles. The third kappa shape index (κ3) is 3.11. The number of aromatic nitrogens is 2. The molecule has 114 valence electrons. The fourth-order valence-corrected chi connectivity index (χ4v) is 4.06. The zero-order valence-corrected chi connectivity index (χ0v) is 13.6. The van der Waals surface area contributed by atoms with Crippen molar-refractivity contribution in [2.45, 2.75) is 11.4 Å². The SMILES string of the molecule is Cn1cc(S(=O)(=O)NCc2cccs2)c(-c2ccccc2)n1. The molecule has 0 aliphatic rings. The number of hydrogen-bond acceptors (Lipinski definition) is 4. The Balaban J connectivity index is 1.94. The van der Waals surface area contributed by atoms with E-state index in [1.807, 2.05) is 47.8 Å². The zero-order chi connectivity index (χ0) is 15.6. The van der Waals surface area contributed by atoms with Gasteiger partial charge in [0.15, 0.2) is 0 Å². The second kappa shape index (κ2) is 6.04. The Kier molecular flexibility index (Phi) is 4.10. The van der Waals surface area contributed by atoms with Gasteiger partial charge in [0.2, 0.25) is 10.0 Å². The minimum atomic E-state index is -3.62. The van der Waals surface area contributed by atoms with Crippen LogP contribution in [-0.4, -0.2) is 18.2 Å². The van der Waals surface area contributed by atoms with Crippen LogP contribution in [-0.2, 0) is 23.6 Å². The summed E-state index contributed by atoms with van der Waals surface area (Å²) in [5.41, 5.74) is 1.24. The maximum Gasteiger partial charge on any atom is 0.244 e. The van der Waals surface area contributed by atoms with Gasteiger partial charge in [-0.1, -0.05) is 36.4 Å². The largest absolute Gasteiger partial charge is 0.274 e. The van der Waals surface area contributed by atoms with Gasteiger partial charge in [0.25, 0.3) is 0 Å². The first-order valence-electron chi connectivity index (χ1n) is 6.67. The molecule has 0 unspecified atom stereocenters. The highest BCUT2D eigenvalue weighted by molar-refractivity contribution is 7.89. The number of aryl methyl sites for hydroxylation is 1. The maximum absolute atomic E-state index is 12.6. The van der Waals surface area contributed by atoms with Crippen LogP contribution >= 0.6 is 11.3 Å². The molecule has 0 amide bonds. The molecule has 1 aromatic carbocycles. The van der Waals surface area contributed by atoms with Crippen LogP contribution in [0.1, 0.15) is 4.88 Å². The monoisotopic (exact) mass is 333 g/mol. The summed E-state index contributed by atoms with van der Waals surface area (Å²) in [5, 5.41) is 6.21. The van der Waals surface area contributed by atoms with E-state index in [2.05, 4.69) is 9.82 Å². The third-order valence-corrected chi connectivity index (χ3v) is 5.43. The molecule has 3 aromatic rings. The van der Waals surface area contributed by atoms with Crippen LogP contribution in [0.5, 0.6) is 0 Å². The summed E-state index contributed by atoms with van der Waals surface area (Å²) < 4.78 is 29.3. The van der Waals surface area contributed by atoms with Crippen LogP contribution in [0.3, 0.4) is 0 Å². The summed E-state index contributed by atoms with van der Waals surface area (Å²) in [6.45, 7) is 0.281. The molecule has 0 saturated carbocycles. The molecule has 5 nitrogen and oxygen atoms in total. The number of nitrogens with zero attached hydrogens (tertiary/aromatic N) is 2. The van der Waals surface area contributed by atoms with E-state index in [0.717, 1.165) is 10.4 Å². The van der Waals surface area contributed by atoms with Crippen LogP contribution in [0.15, 0.2) is 58.9 Å². The van der Waals surface area contributed by atoms with Gasteiger partial charge in [-0.25, -0.2) is 13.1 Å². The molecule has 0 saturated heterocycles. The molecule has 0 spiro atoms. The highest BCUT2D eigenvalue weighted by atomic mass is 32.2. The number of hydrogen-bond donors (Lipinski definition) is 1. The molecular formula is C15H15N3O2S2. The molecule has 0 radical (unpaired) electrons. The van der Waals surface area contributed by atoms with Crippen LogP contribution in [0.25, 0.3) is 11.3 Å². The molecule has 2 heterocycles. The predicted molar refractivity (Wildman–Crippen MR) is 87.0 cm³/mol. The van der Waals surface area contributed by atoms with Crippen LogP contribution in [0.4, 0.5) is 0 Å². The van der Waals surface area contributed by atoms with Gasteiger partial charge in [-0.05, 0) is 11.4 Å². The van der Waals surface area contributed by atoms with Gasteiger partial charge < -0.3 is 0 Å². The van der Waals surface area contributed by atoms with E-state index in [0.29, 0.717) is 5.69 Å². The average Bonchev–Trinajstić information content (AvgIpc) is 3.16. The molecule has 0 fully saturated rings. The lowest BCUT2D eigenvalue weighted by atomic mass is 10.2. The Bertz CT molecular complexity index is 854. The van der Waals surface area contributed by atoms with E-state index in [9.17, 15) is 8.42 Å². The summed E-state index contributed by atoms with van der Waals surface area (Å²) in [5.74, 6) is 0. The van der Waals surface area contributed by atoms with E-state index in [1.54, 1.807) is 7.05 Å². The lowest BCUT2D eigenvalue weighted by molar-refractivity contribution is 0.582. The fourth-order valence-electron chi connectivity index (χ4n) is 2.12. The van der Waals surface area contributed by atoms with Gasteiger partial charge in [-0.2, -0.15) is 5.10 Å². The van der Waals surface area contributed by atoms with E-state index in [1.165, 1.54) is 22.2 Å². The number of nitrogens with one attached hydrogen (secondary N) is 1. The number of thiophene rings is 1. The quantitative estimate of drug-likeness (QED) is 0.781. The van der Waals surface area contributed by atoms with Crippen molar-refractivity contribution in [1.29, 1.82) is 0 Å². The van der Waals surface area contributed by atoms with Crippen molar-refractivity contribution in [3.63, 3.8) is 0 Å². The molecule has 0 aliphatic carbocycles. The zero-order valence-electron chi connectivity index (χ0n) is 11.9. The van der Waals surface area contributed by atoms with Gasteiger partial charge in [0, 0.05) is 30.2 Å². The standard InChI is InChI=1S/C15H15N3O2S2/c1-18-11-14(15(17-18)12-6-3-2-4-7-12)22(19,20)16-10-13-8-5-9-21-13/h2-9,11,16H,10H2,1H3. The van der Waals surface area contributed by atoms with Crippen molar-refractivity contribution in [2.24, 2.45) is 7.05 Å². The second-order valence-electron chi connectivity index (χ2n) is 4.79. The predicted octanol–water partition coefficient (Wildman–Crippen LogP) is 2.63. The van der Waals surface area contributed by atoms with Gasteiger partial charge in [-0.15, -0.1) is 11.3 Å². The Morgan fingerprint density at radius 3 is 2.64 bits per heavy atom. The Morgan fingerprint density at radius 2 is 1.95 bits per heavy atom. The summed E-state index contributed by atoms with van der Waals surface area (Å²) in [6.07, 6.45) is 1.53. The van der Waals surface area contributed by atoms with Crippen LogP contribution in [0.2, 0.25) is 0 Å². The molecule has 7 heteroatoms. The van der Waals surface area contributed by atoms with Crippen molar-refractivity contribution >= 4 is 21.4 Å². The van der Waals surface area contributed by atoms with Gasteiger partial charge >= 0.3 is 0 Å². The van der Waals surface area contributed by atoms with Crippen molar-refractivity contribution in [3.8, 4) is 11.3 Å². The summed E-state index contributed by atoms with van der Waals surface area (Å²) >= 11 is 1.52. The van der Waals surface area contributed by atoms with E-state index in [-0.39, 0.29) is 11.4 Å². The fraction of sp³-hybridized carbons (Fsp3) is 0.133. The Hall–Kier alpha value is -1.96. The first-order chi connectivity index (χ1) is 10.6. The van der Waals surface area contributed by atoms with E-state index in [4.69, 9.17) is 0 Å². The first-order valence-corrected chi connectivity index (χ1v) is 9.04. The minimum Gasteiger partial charge on any atom is -0.274 e. The van der Waals surface area contributed by atoms with Crippen LogP contribution in [0, 0.1) is 0 Å². The van der Waals surface area contributed by atoms with E-state index < -0.39 is 10.0 Å². The minimum absolute atomic E-state index is 0.192. The summed E-state index contributed by atoms with van der Waals surface area (Å²) in [7, 11) is -1.91. The average molecular weight is 333 g/mol. The van der Waals surface area contributed by atoms with Crippen molar-refractivity contribution in [3.05, 3.63) is 58.9 Å². The van der Waals surface area contributed by atoms with Gasteiger partial charge in [-0.3, -0.25) is 4.68 Å². The van der Waals surface area contributed by atoms with Gasteiger partial charge in [0.05, 0.1) is 0 Å². The molecular weight excluding hydrogens is 318 g/mol. The van der Waals surface area contributed by atoms with Gasteiger partial charge in [0.1, 0.15) is 10.6 Å². The van der Waals surface area contributed by atoms with Crippen LogP contribution < -0.4 is 4.72 Å². The third-order valence-electron chi connectivity index (χ3n) is 3.15. The lowest BCUT2D eigenvalue weighted by Crippen LogP contribution is -2.23. The molecule has 22 heavy (non-hydrogen) atoms. The lowest BCUT2D eigenvalue weighted by Gasteiger charge is -2.06. The molecule has 0 bridgehead atoms. The van der Waals surface area contributed by atoms with Crippen molar-refractivity contribution in [1.82, 2.24) is 14.5 Å². The summed E-state index contributed by atoms with van der Waals surface area (Å²) in [4.78, 5) is 1.16. The smallest absolute Gasteiger partial charge is 0.244 e. The molecule has 3 rings (SSSR count). The second-order valence-corrected chi connectivity index (χ2v) is 7.55. The molecule has 1 N–H and O–H groups in total. The number of sulfonamides is 1. The highest BCUT2D eigenvalue weighted by Gasteiger charge is 2.22. The Labute approximate surface area is 133 Å². The maximum atomic E-state index is 12.6. The summed E-state index contributed by atoms with van der Waals surface area (Å²) in [6, 6.07) is 13.1.